The largest absolute Gasteiger partial charge is 0.453 e. The van der Waals surface area contributed by atoms with E-state index in [1.165, 1.54) is 6.92 Å². The lowest BCUT2D eigenvalue weighted by atomic mass is 10.2. The second kappa shape index (κ2) is 8.34. The van der Waals surface area contributed by atoms with Crippen LogP contribution in [0.3, 0.4) is 0 Å². The third kappa shape index (κ3) is 5.23. The number of ether oxygens (including phenoxy) is 1. The van der Waals surface area contributed by atoms with Crippen LogP contribution in [0.1, 0.15) is 18.2 Å². The smallest absolute Gasteiger partial charge is 0.306 e. The van der Waals surface area contributed by atoms with Gasteiger partial charge in [0, 0.05) is 4.88 Å². The molecule has 2 rings (SSSR count). The summed E-state index contributed by atoms with van der Waals surface area (Å²) in [4.78, 5) is 25.0. The molecule has 1 aromatic carbocycles. The number of hydrogen-bond donors (Lipinski definition) is 1. The fourth-order valence-electron chi connectivity index (χ4n) is 1.83. The molecule has 7 heteroatoms. The molecule has 1 N–H and O–H groups in total. The first-order valence-corrected chi connectivity index (χ1v) is 8.57. The highest BCUT2D eigenvalue weighted by Gasteiger charge is 2.19. The molecule has 0 unspecified atom stereocenters. The summed E-state index contributed by atoms with van der Waals surface area (Å²) in [6.45, 7) is 1.50. The molecule has 2 aromatic rings. The number of benzene rings is 1. The zero-order valence-corrected chi connectivity index (χ0v) is 14.7. The van der Waals surface area contributed by atoms with Crippen molar-refractivity contribution < 1.29 is 14.3 Å². The normalized spacial score (nSPS) is 11.8. The standard InChI is InChI=1S/C16H15Cl2NO3S/c1-10(22-14(20)8-7-11-4-3-9-23-11)16(21)19-15-12(17)5-2-6-13(15)18/h2-6,9-10H,7-8H2,1H3,(H,19,21)/t10-/m0/s1. The Bertz CT molecular complexity index is 668. The maximum atomic E-state index is 12.1. The van der Waals surface area contributed by atoms with Crippen molar-refractivity contribution in [1.29, 1.82) is 0 Å². The lowest BCUT2D eigenvalue weighted by Crippen LogP contribution is -2.30. The van der Waals surface area contributed by atoms with E-state index >= 15 is 0 Å². The molecule has 0 bridgehead atoms. The highest BCUT2D eigenvalue weighted by Crippen LogP contribution is 2.29. The minimum Gasteiger partial charge on any atom is -0.453 e. The van der Waals surface area contributed by atoms with Crippen molar-refractivity contribution in [1.82, 2.24) is 0 Å². The van der Waals surface area contributed by atoms with Crippen molar-refractivity contribution >= 4 is 52.1 Å². The molecule has 4 nitrogen and oxygen atoms in total. The van der Waals surface area contributed by atoms with Crippen LogP contribution >= 0.6 is 34.5 Å². The summed E-state index contributed by atoms with van der Waals surface area (Å²) in [6.07, 6.45) is -0.107. The van der Waals surface area contributed by atoms with Gasteiger partial charge in [0.25, 0.3) is 5.91 Å². The summed E-state index contributed by atoms with van der Waals surface area (Å²) in [6, 6.07) is 8.78. The van der Waals surface area contributed by atoms with Gasteiger partial charge in [-0.15, -0.1) is 11.3 Å². The Morgan fingerprint density at radius 3 is 2.52 bits per heavy atom. The third-order valence-corrected chi connectivity index (χ3v) is 4.61. The summed E-state index contributed by atoms with van der Waals surface area (Å²) in [5.41, 5.74) is 0.308. The summed E-state index contributed by atoms with van der Waals surface area (Å²) >= 11 is 13.5. The van der Waals surface area contributed by atoms with Gasteiger partial charge in [-0.25, -0.2) is 0 Å². The number of halogens is 2. The molecule has 0 saturated carbocycles. The number of rotatable bonds is 6. The average Bonchev–Trinajstić information content (AvgIpc) is 3.02. The Morgan fingerprint density at radius 1 is 1.22 bits per heavy atom. The second-order valence-electron chi connectivity index (χ2n) is 4.80. The Balaban J connectivity index is 1.86. The predicted octanol–water partition coefficient (Wildman–Crippen LogP) is 4.56. The van der Waals surface area contributed by atoms with Gasteiger partial charge in [-0.2, -0.15) is 0 Å². The minimum atomic E-state index is -0.932. The van der Waals surface area contributed by atoms with Crippen LogP contribution in [-0.2, 0) is 20.7 Å². The summed E-state index contributed by atoms with van der Waals surface area (Å²) in [5.74, 6) is -0.907. The first-order valence-electron chi connectivity index (χ1n) is 6.94. The van der Waals surface area contributed by atoms with E-state index in [4.69, 9.17) is 27.9 Å². The molecular formula is C16H15Cl2NO3S. The van der Waals surface area contributed by atoms with Crippen molar-refractivity contribution in [2.24, 2.45) is 0 Å². The van der Waals surface area contributed by atoms with Gasteiger partial charge in [-0.3, -0.25) is 9.59 Å². The number of esters is 1. The predicted molar refractivity (Wildman–Crippen MR) is 93.3 cm³/mol. The van der Waals surface area contributed by atoms with Crippen LogP contribution in [-0.4, -0.2) is 18.0 Å². The van der Waals surface area contributed by atoms with Gasteiger partial charge < -0.3 is 10.1 Å². The van der Waals surface area contributed by atoms with Crippen molar-refractivity contribution in [3.63, 3.8) is 0 Å². The van der Waals surface area contributed by atoms with E-state index in [0.29, 0.717) is 22.2 Å². The van der Waals surface area contributed by atoms with E-state index in [9.17, 15) is 9.59 Å². The van der Waals surface area contributed by atoms with Crippen molar-refractivity contribution in [2.75, 3.05) is 5.32 Å². The van der Waals surface area contributed by atoms with Gasteiger partial charge >= 0.3 is 5.97 Å². The zero-order chi connectivity index (χ0) is 16.8. The number of aryl methyl sites for hydroxylation is 1. The van der Waals surface area contributed by atoms with Crippen LogP contribution in [0.25, 0.3) is 0 Å². The molecular weight excluding hydrogens is 357 g/mol. The fourth-order valence-corrected chi connectivity index (χ4v) is 3.03. The molecule has 0 radical (unpaired) electrons. The number of carbonyl (C=O) groups excluding carboxylic acids is 2. The van der Waals surface area contributed by atoms with E-state index < -0.39 is 18.0 Å². The minimum absolute atomic E-state index is 0.227. The van der Waals surface area contributed by atoms with Crippen molar-refractivity contribution in [2.45, 2.75) is 25.9 Å². The Labute approximate surface area is 148 Å². The van der Waals surface area contributed by atoms with Crippen LogP contribution < -0.4 is 5.32 Å². The van der Waals surface area contributed by atoms with E-state index in [2.05, 4.69) is 5.32 Å². The Morgan fingerprint density at radius 2 is 1.91 bits per heavy atom. The van der Waals surface area contributed by atoms with E-state index in [1.807, 2.05) is 17.5 Å². The van der Waals surface area contributed by atoms with Crippen molar-refractivity contribution in [3.05, 3.63) is 50.6 Å². The summed E-state index contributed by atoms with van der Waals surface area (Å²) in [7, 11) is 0. The van der Waals surface area contributed by atoms with Gasteiger partial charge in [0.1, 0.15) is 0 Å². The number of amides is 1. The van der Waals surface area contributed by atoms with Crippen LogP contribution in [0.4, 0.5) is 5.69 Å². The number of thiophene rings is 1. The van der Waals surface area contributed by atoms with Gasteiger partial charge in [-0.1, -0.05) is 35.3 Å². The molecule has 1 atom stereocenters. The van der Waals surface area contributed by atoms with Crippen LogP contribution in [0.2, 0.25) is 10.0 Å². The highest BCUT2D eigenvalue weighted by atomic mass is 35.5. The summed E-state index contributed by atoms with van der Waals surface area (Å²) < 4.78 is 5.13. The molecule has 0 spiro atoms. The number of carbonyl (C=O) groups is 2. The molecule has 0 aliphatic carbocycles. The number of nitrogens with one attached hydrogen (secondary N) is 1. The SMILES string of the molecule is C[C@H](OC(=O)CCc1cccs1)C(=O)Nc1c(Cl)cccc1Cl. The fraction of sp³-hybridized carbons (Fsp3) is 0.250. The topological polar surface area (TPSA) is 55.4 Å². The van der Waals surface area contributed by atoms with Gasteiger partial charge in [0.05, 0.1) is 22.2 Å². The first kappa shape index (κ1) is 17.8. The van der Waals surface area contributed by atoms with Gasteiger partial charge in [-0.05, 0) is 36.9 Å². The van der Waals surface area contributed by atoms with Crippen LogP contribution in [0, 0.1) is 0 Å². The summed E-state index contributed by atoms with van der Waals surface area (Å²) in [5, 5.41) is 5.17. The molecule has 23 heavy (non-hydrogen) atoms. The molecule has 0 saturated heterocycles. The van der Waals surface area contributed by atoms with E-state index in [1.54, 1.807) is 29.5 Å². The average molecular weight is 372 g/mol. The molecule has 0 fully saturated rings. The highest BCUT2D eigenvalue weighted by molar-refractivity contribution is 7.09. The maximum absolute atomic E-state index is 12.1. The Kier molecular flexibility index (Phi) is 6.45. The number of para-hydroxylation sites is 1. The monoisotopic (exact) mass is 371 g/mol. The molecule has 1 aromatic heterocycles. The van der Waals surface area contributed by atoms with E-state index in [0.717, 1.165) is 4.88 Å². The van der Waals surface area contributed by atoms with Crippen LogP contribution in [0.5, 0.6) is 0 Å². The lowest BCUT2D eigenvalue weighted by Gasteiger charge is -2.15. The quantitative estimate of drug-likeness (QED) is 0.757. The van der Waals surface area contributed by atoms with Gasteiger partial charge in [0.15, 0.2) is 6.10 Å². The second-order valence-corrected chi connectivity index (χ2v) is 6.64. The van der Waals surface area contributed by atoms with E-state index in [-0.39, 0.29) is 6.42 Å². The van der Waals surface area contributed by atoms with Crippen molar-refractivity contribution in [3.8, 4) is 0 Å². The molecule has 1 amide bonds. The molecule has 1 heterocycles. The Hall–Kier alpha value is -1.56. The zero-order valence-electron chi connectivity index (χ0n) is 12.3. The molecule has 122 valence electrons. The molecule has 0 aliphatic heterocycles. The lowest BCUT2D eigenvalue weighted by molar-refractivity contribution is -0.153. The van der Waals surface area contributed by atoms with Crippen LogP contribution in [0.15, 0.2) is 35.7 Å². The third-order valence-electron chi connectivity index (χ3n) is 3.04. The maximum Gasteiger partial charge on any atom is 0.306 e. The molecule has 0 aliphatic rings. The first-order chi connectivity index (χ1) is 11.0. The number of anilines is 1. The van der Waals surface area contributed by atoms with Gasteiger partial charge in [0.2, 0.25) is 0 Å². The number of hydrogen-bond acceptors (Lipinski definition) is 4.